The van der Waals surface area contributed by atoms with E-state index < -0.39 is 0 Å². The summed E-state index contributed by atoms with van der Waals surface area (Å²) in [6, 6.07) is 1.20. The zero-order valence-electron chi connectivity index (χ0n) is 9.88. The molecular weight excluding hydrogens is 174 g/mol. The number of hydrogen-bond acceptors (Lipinski definition) is 2. The van der Waals surface area contributed by atoms with Gasteiger partial charge in [-0.05, 0) is 32.6 Å². The Morgan fingerprint density at radius 1 is 1.43 bits per heavy atom. The molecule has 84 valence electrons. The molecule has 0 aromatic rings. The highest BCUT2D eigenvalue weighted by Gasteiger charge is 2.25. The van der Waals surface area contributed by atoms with Crippen LogP contribution in [0.25, 0.3) is 0 Å². The molecule has 1 saturated heterocycles. The number of nitrogens with one attached hydrogen (secondary N) is 1. The molecule has 0 radical (unpaired) electrons. The van der Waals surface area contributed by atoms with Crippen LogP contribution >= 0.6 is 0 Å². The zero-order valence-corrected chi connectivity index (χ0v) is 9.88. The van der Waals surface area contributed by atoms with Gasteiger partial charge in [-0.1, -0.05) is 20.3 Å². The van der Waals surface area contributed by atoms with Gasteiger partial charge in [0.25, 0.3) is 0 Å². The van der Waals surface area contributed by atoms with Crippen LogP contribution in [0, 0.1) is 0 Å². The van der Waals surface area contributed by atoms with E-state index in [1.165, 1.54) is 32.1 Å². The molecule has 0 aromatic heterocycles. The van der Waals surface area contributed by atoms with E-state index >= 15 is 0 Å². The van der Waals surface area contributed by atoms with Crippen LogP contribution in [0.5, 0.6) is 0 Å². The summed E-state index contributed by atoms with van der Waals surface area (Å²) >= 11 is 0. The number of rotatable bonds is 6. The van der Waals surface area contributed by atoms with E-state index in [1.807, 2.05) is 0 Å². The normalized spacial score (nSPS) is 26.4. The van der Waals surface area contributed by atoms with Crippen LogP contribution in [0.2, 0.25) is 0 Å². The second-order valence-corrected chi connectivity index (χ2v) is 4.42. The molecule has 1 aliphatic heterocycles. The van der Waals surface area contributed by atoms with E-state index in [1.54, 1.807) is 0 Å². The van der Waals surface area contributed by atoms with Crippen molar-refractivity contribution in [1.29, 1.82) is 0 Å². The Bertz CT molecular complexity index is 143. The third-order valence-electron chi connectivity index (χ3n) is 3.07. The average Bonchev–Trinajstić information content (AvgIpc) is 2.67. The van der Waals surface area contributed by atoms with Crippen molar-refractivity contribution in [1.82, 2.24) is 5.32 Å². The van der Waals surface area contributed by atoms with Crippen LogP contribution in [-0.4, -0.2) is 24.8 Å². The molecule has 1 rings (SSSR count). The fraction of sp³-hybridized carbons (Fsp3) is 1.00. The van der Waals surface area contributed by atoms with Gasteiger partial charge in [0.2, 0.25) is 0 Å². The highest BCUT2D eigenvalue weighted by atomic mass is 16.5. The fourth-order valence-electron chi connectivity index (χ4n) is 2.29. The fourth-order valence-corrected chi connectivity index (χ4v) is 2.29. The number of hydrogen-bond donors (Lipinski definition) is 1. The summed E-state index contributed by atoms with van der Waals surface area (Å²) in [7, 11) is 0. The van der Waals surface area contributed by atoms with E-state index in [-0.39, 0.29) is 0 Å². The van der Waals surface area contributed by atoms with Crippen molar-refractivity contribution in [3.8, 4) is 0 Å². The van der Waals surface area contributed by atoms with Gasteiger partial charge in [0.1, 0.15) is 0 Å². The SMILES string of the molecule is CCCC(C)NC(CC)C1CCCO1. The Hall–Kier alpha value is -0.0800. The minimum Gasteiger partial charge on any atom is -0.377 e. The maximum atomic E-state index is 5.72. The van der Waals surface area contributed by atoms with Gasteiger partial charge >= 0.3 is 0 Å². The number of ether oxygens (including phenoxy) is 1. The van der Waals surface area contributed by atoms with Crippen molar-refractivity contribution in [2.45, 2.75) is 71.1 Å². The van der Waals surface area contributed by atoms with Crippen LogP contribution in [0.4, 0.5) is 0 Å². The first kappa shape index (κ1) is 12.0. The van der Waals surface area contributed by atoms with Crippen molar-refractivity contribution in [2.24, 2.45) is 0 Å². The first-order chi connectivity index (χ1) is 6.77. The molecule has 0 bridgehead atoms. The van der Waals surface area contributed by atoms with E-state index in [4.69, 9.17) is 4.74 Å². The average molecular weight is 199 g/mol. The highest BCUT2D eigenvalue weighted by molar-refractivity contribution is 4.81. The highest BCUT2D eigenvalue weighted by Crippen LogP contribution is 2.18. The molecule has 0 aliphatic carbocycles. The van der Waals surface area contributed by atoms with Crippen LogP contribution < -0.4 is 5.32 Å². The molecule has 14 heavy (non-hydrogen) atoms. The van der Waals surface area contributed by atoms with Crippen molar-refractivity contribution >= 4 is 0 Å². The molecule has 1 heterocycles. The second-order valence-electron chi connectivity index (χ2n) is 4.42. The van der Waals surface area contributed by atoms with Gasteiger partial charge in [0, 0.05) is 18.7 Å². The van der Waals surface area contributed by atoms with Crippen molar-refractivity contribution in [2.75, 3.05) is 6.61 Å². The molecule has 3 atom stereocenters. The van der Waals surface area contributed by atoms with Crippen LogP contribution in [0.3, 0.4) is 0 Å². The summed E-state index contributed by atoms with van der Waals surface area (Å²) in [5.41, 5.74) is 0. The van der Waals surface area contributed by atoms with E-state index in [0.717, 1.165) is 6.61 Å². The van der Waals surface area contributed by atoms with E-state index in [0.29, 0.717) is 18.2 Å². The molecule has 0 saturated carbocycles. The third-order valence-corrected chi connectivity index (χ3v) is 3.07. The van der Waals surface area contributed by atoms with Crippen LogP contribution in [0.1, 0.15) is 52.9 Å². The Labute approximate surface area is 88.4 Å². The first-order valence-electron chi connectivity index (χ1n) is 6.15. The first-order valence-corrected chi connectivity index (χ1v) is 6.15. The van der Waals surface area contributed by atoms with Gasteiger partial charge in [-0.15, -0.1) is 0 Å². The lowest BCUT2D eigenvalue weighted by molar-refractivity contribution is 0.0731. The van der Waals surface area contributed by atoms with Gasteiger partial charge in [0.15, 0.2) is 0 Å². The molecule has 2 nitrogen and oxygen atoms in total. The van der Waals surface area contributed by atoms with Gasteiger partial charge in [-0.3, -0.25) is 0 Å². The molecule has 0 amide bonds. The molecule has 3 unspecified atom stereocenters. The molecule has 2 heteroatoms. The third kappa shape index (κ3) is 3.58. The summed E-state index contributed by atoms with van der Waals surface area (Å²) < 4.78 is 5.72. The van der Waals surface area contributed by atoms with Gasteiger partial charge in [-0.2, -0.15) is 0 Å². The molecular formula is C12H25NO. The maximum absolute atomic E-state index is 5.72. The summed E-state index contributed by atoms with van der Waals surface area (Å²) in [5.74, 6) is 0. The second kappa shape index (κ2) is 6.41. The lowest BCUT2D eigenvalue weighted by atomic mass is 10.0. The summed E-state index contributed by atoms with van der Waals surface area (Å²) in [6.07, 6.45) is 6.66. The topological polar surface area (TPSA) is 21.3 Å². The monoisotopic (exact) mass is 199 g/mol. The summed E-state index contributed by atoms with van der Waals surface area (Å²) in [6.45, 7) is 7.73. The quantitative estimate of drug-likeness (QED) is 0.710. The predicted octanol–water partition coefficient (Wildman–Crippen LogP) is 2.72. The Balaban J connectivity index is 2.29. The van der Waals surface area contributed by atoms with Crippen molar-refractivity contribution < 1.29 is 4.74 Å². The molecule has 0 spiro atoms. The van der Waals surface area contributed by atoms with E-state index in [2.05, 4.69) is 26.1 Å². The minimum atomic E-state index is 0.472. The van der Waals surface area contributed by atoms with Crippen molar-refractivity contribution in [3.63, 3.8) is 0 Å². The minimum absolute atomic E-state index is 0.472. The lowest BCUT2D eigenvalue weighted by Crippen LogP contribution is -2.43. The van der Waals surface area contributed by atoms with Crippen LogP contribution in [-0.2, 0) is 4.74 Å². The Morgan fingerprint density at radius 2 is 2.21 bits per heavy atom. The smallest absolute Gasteiger partial charge is 0.0728 e. The predicted molar refractivity (Wildman–Crippen MR) is 60.6 cm³/mol. The molecule has 1 fully saturated rings. The van der Waals surface area contributed by atoms with Gasteiger partial charge < -0.3 is 10.1 Å². The van der Waals surface area contributed by atoms with Crippen molar-refractivity contribution in [3.05, 3.63) is 0 Å². The van der Waals surface area contributed by atoms with Gasteiger partial charge in [0.05, 0.1) is 6.10 Å². The zero-order chi connectivity index (χ0) is 10.4. The summed E-state index contributed by atoms with van der Waals surface area (Å²) in [4.78, 5) is 0. The summed E-state index contributed by atoms with van der Waals surface area (Å²) in [5, 5.41) is 3.68. The Morgan fingerprint density at radius 3 is 2.71 bits per heavy atom. The van der Waals surface area contributed by atoms with E-state index in [9.17, 15) is 0 Å². The molecule has 0 aromatic carbocycles. The maximum Gasteiger partial charge on any atom is 0.0728 e. The Kier molecular flexibility index (Phi) is 5.49. The standard InChI is InChI=1S/C12H25NO/c1-4-7-10(3)13-11(5-2)12-8-6-9-14-12/h10-13H,4-9H2,1-3H3. The van der Waals surface area contributed by atoms with Crippen LogP contribution in [0.15, 0.2) is 0 Å². The molecule has 1 N–H and O–H groups in total. The van der Waals surface area contributed by atoms with Gasteiger partial charge in [-0.25, -0.2) is 0 Å². The lowest BCUT2D eigenvalue weighted by Gasteiger charge is -2.26. The largest absolute Gasteiger partial charge is 0.377 e. The molecule has 1 aliphatic rings.